The molecular formula is C21H32N2O4. The van der Waals surface area contributed by atoms with Crippen molar-refractivity contribution in [3.8, 4) is 0 Å². The molecule has 1 saturated carbocycles. The minimum absolute atomic E-state index is 0.0773. The van der Waals surface area contributed by atoms with E-state index in [4.69, 9.17) is 4.74 Å². The monoisotopic (exact) mass is 376 g/mol. The third-order valence-corrected chi connectivity index (χ3v) is 5.06. The number of rotatable bonds is 8. The standard InChI is InChI=1S/C21H32N2O4/c1-16(2)19(22-21(26)27-15-17-9-5-3-6-10-17)20(25)23(13-14-24)18-11-7-4-8-12-18/h3,5-6,9-10,16,18-19,24H,4,7-8,11-15H2,1-2H3,(H,22,26)/t19-/m0/s1. The molecule has 2 N–H and O–H groups in total. The average Bonchev–Trinajstić information content (AvgIpc) is 2.69. The number of amides is 2. The van der Waals surface area contributed by atoms with Crippen LogP contribution < -0.4 is 5.32 Å². The van der Waals surface area contributed by atoms with E-state index < -0.39 is 12.1 Å². The lowest BCUT2D eigenvalue weighted by atomic mass is 9.92. The molecular weight excluding hydrogens is 344 g/mol. The fourth-order valence-electron chi connectivity index (χ4n) is 3.56. The first kappa shape index (κ1) is 21.2. The number of ether oxygens (including phenoxy) is 1. The predicted octanol–water partition coefficient (Wildman–Crippen LogP) is 3.09. The Morgan fingerprint density at radius 3 is 2.44 bits per heavy atom. The molecule has 27 heavy (non-hydrogen) atoms. The number of benzene rings is 1. The average molecular weight is 376 g/mol. The second kappa shape index (κ2) is 10.9. The van der Waals surface area contributed by atoms with Crippen LogP contribution in [0.15, 0.2) is 30.3 Å². The Hall–Kier alpha value is -2.08. The Labute approximate surface area is 161 Å². The molecule has 1 atom stereocenters. The molecule has 1 aliphatic rings. The van der Waals surface area contributed by atoms with E-state index in [2.05, 4.69) is 5.32 Å². The zero-order valence-electron chi connectivity index (χ0n) is 16.4. The third kappa shape index (κ3) is 6.54. The van der Waals surface area contributed by atoms with Gasteiger partial charge in [0, 0.05) is 12.6 Å². The minimum Gasteiger partial charge on any atom is -0.445 e. The lowest BCUT2D eigenvalue weighted by Gasteiger charge is -2.37. The first-order valence-electron chi connectivity index (χ1n) is 9.91. The summed E-state index contributed by atoms with van der Waals surface area (Å²) in [6.07, 6.45) is 4.69. The Kier molecular flexibility index (Phi) is 8.58. The van der Waals surface area contributed by atoms with Crippen LogP contribution in [-0.2, 0) is 16.1 Å². The Morgan fingerprint density at radius 2 is 1.85 bits per heavy atom. The van der Waals surface area contributed by atoms with Crippen LogP contribution in [0.25, 0.3) is 0 Å². The highest BCUT2D eigenvalue weighted by Crippen LogP contribution is 2.24. The van der Waals surface area contributed by atoms with E-state index in [-0.39, 0.29) is 31.1 Å². The number of aliphatic hydroxyl groups excluding tert-OH is 1. The van der Waals surface area contributed by atoms with Gasteiger partial charge in [-0.25, -0.2) is 4.79 Å². The molecule has 1 aromatic rings. The van der Waals surface area contributed by atoms with Crippen molar-refractivity contribution >= 4 is 12.0 Å². The number of hydrogen-bond donors (Lipinski definition) is 2. The molecule has 2 rings (SSSR count). The summed E-state index contributed by atoms with van der Waals surface area (Å²) >= 11 is 0. The molecule has 0 aliphatic heterocycles. The molecule has 150 valence electrons. The third-order valence-electron chi connectivity index (χ3n) is 5.06. The van der Waals surface area contributed by atoms with Gasteiger partial charge in [0.15, 0.2) is 0 Å². The number of nitrogens with zero attached hydrogens (tertiary/aromatic N) is 1. The highest BCUT2D eigenvalue weighted by Gasteiger charge is 2.33. The summed E-state index contributed by atoms with van der Waals surface area (Å²) in [6.45, 7) is 4.18. The van der Waals surface area contributed by atoms with E-state index >= 15 is 0 Å². The van der Waals surface area contributed by atoms with Crippen molar-refractivity contribution in [2.24, 2.45) is 5.92 Å². The molecule has 0 unspecified atom stereocenters. The Balaban J connectivity index is 1.98. The van der Waals surface area contributed by atoms with Crippen molar-refractivity contribution < 1.29 is 19.4 Å². The molecule has 2 amide bonds. The van der Waals surface area contributed by atoms with E-state index in [1.807, 2.05) is 44.2 Å². The van der Waals surface area contributed by atoms with E-state index in [1.165, 1.54) is 6.42 Å². The van der Waals surface area contributed by atoms with Gasteiger partial charge in [-0.1, -0.05) is 63.4 Å². The second-order valence-corrected chi connectivity index (χ2v) is 7.47. The van der Waals surface area contributed by atoms with Crippen molar-refractivity contribution in [1.82, 2.24) is 10.2 Å². The van der Waals surface area contributed by atoms with Gasteiger partial charge in [0.25, 0.3) is 0 Å². The van der Waals surface area contributed by atoms with E-state index in [0.717, 1.165) is 31.2 Å². The van der Waals surface area contributed by atoms with Crippen LogP contribution in [0.5, 0.6) is 0 Å². The zero-order valence-corrected chi connectivity index (χ0v) is 16.4. The van der Waals surface area contributed by atoms with Gasteiger partial charge in [0.05, 0.1) is 6.61 Å². The minimum atomic E-state index is -0.665. The lowest BCUT2D eigenvalue weighted by molar-refractivity contribution is -0.138. The quantitative estimate of drug-likeness (QED) is 0.731. The van der Waals surface area contributed by atoms with Crippen LogP contribution in [0.1, 0.15) is 51.5 Å². The summed E-state index contributed by atoms with van der Waals surface area (Å²) in [7, 11) is 0. The van der Waals surface area contributed by atoms with Gasteiger partial charge in [0.1, 0.15) is 12.6 Å². The smallest absolute Gasteiger partial charge is 0.408 e. The molecule has 6 nitrogen and oxygen atoms in total. The highest BCUT2D eigenvalue weighted by atomic mass is 16.5. The van der Waals surface area contributed by atoms with Gasteiger partial charge in [-0.05, 0) is 24.3 Å². The normalized spacial score (nSPS) is 16.0. The molecule has 0 spiro atoms. The van der Waals surface area contributed by atoms with Crippen LogP contribution in [0.4, 0.5) is 4.79 Å². The summed E-state index contributed by atoms with van der Waals surface area (Å²) in [6, 6.07) is 8.90. The zero-order chi connectivity index (χ0) is 19.6. The molecule has 0 radical (unpaired) electrons. The molecule has 0 heterocycles. The highest BCUT2D eigenvalue weighted by molar-refractivity contribution is 5.86. The van der Waals surface area contributed by atoms with E-state index in [0.29, 0.717) is 6.54 Å². The summed E-state index contributed by atoms with van der Waals surface area (Å²) in [4.78, 5) is 27.1. The number of carbonyl (C=O) groups is 2. The molecule has 6 heteroatoms. The lowest BCUT2D eigenvalue weighted by Crippen LogP contribution is -2.55. The molecule has 0 aromatic heterocycles. The SMILES string of the molecule is CC(C)[C@H](NC(=O)OCc1ccccc1)C(=O)N(CCO)C1CCCCC1. The molecule has 0 bridgehead atoms. The van der Waals surface area contributed by atoms with Crippen molar-refractivity contribution in [2.45, 2.75) is 64.6 Å². The van der Waals surface area contributed by atoms with Gasteiger partial charge in [-0.15, -0.1) is 0 Å². The van der Waals surface area contributed by atoms with Crippen LogP contribution in [0.3, 0.4) is 0 Å². The first-order valence-corrected chi connectivity index (χ1v) is 9.91. The second-order valence-electron chi connectivity index (χ2n) is 7.47. The first-order chi connectivity index (χ1) is 13.0. The number of carbonyl (C=O) groups excluding carboxylic acids is 2. The summed E-state index contributed by atoms with van der Waals surface area (Å²) < 4.78 is 5.27. The molecule has 0 saturated heterocycles. The maximum absolute atomic E-state index is 13.1. The summed E-state index contributed by atoms with van der Waals surface area (Å²) in [5.74, 6) is -0.214. The number of hydrogen-bond acceptors (Lipinski definition) is 4. The Morgan fingerprint density at radius 1 is 1.19 bits per heavy atom. The number of nitrogens with one attached hydrogen (secondary N) is 1. The summed E-state index contributed by atoms with van der Waals surface area (Å²) in [5.41, 5.74) is 0.893. The fourth-order valence-corrected chi connectivity index (χ4v) is 3.56. The molecule has 1 aliphatic carbocycles. The maximum atomic E-state index is 13.1. The predicted molar refractivity (Wildman–Crippen MR) is 104 cm³/mol. The largest absolute Gasteiger partial charge is 0.445 e. The summed E-state index contributed by atoms with van der Waals surface area (Å²) in [5, 5.41) is 12.2. The fraction of sp³-hybridized carbons (Fsp3) is 0.619. The van der Waals surface area contributed by atoms with Gasteiger partial charge in [0.2, 0.25) is 5.91 Å². The molecule has 1 fully saturated rings. The van der Waals surface area contributed by atoms with Crippen LogP contribution >= 0.6 is 0 Å². The van der Waals surface area contributed by atoms with Gasteiger partial charge < -0.3 is 20.1 Å². The Bertz CT molecular complexity index is 585. The topological polar surface area (TPSA) is 78.9 Å². The van der Waals surface area contributed by atoms with Gasteiger partial charge in [-0.3, -0.25) is 4.79 Å². The van der Waals surface area contributed by atoms with Crippen molar-refractivity contribution in [2.75, 3.05) is 13.2 Å². The van der Waals surface area contributed by atoms with E-state index in [1.54, 1.807) is 4.90 Å². The number of alkyl carbamates (subject to hydrolysis) is 1. The number of aliphatic hydroxyl groups is 1. The maximum Gasteiger partial charge on any atom is 0.408 e. The van der Waals surface area contributed by atoms with Crippen LogP contribution in [0, 0.1) is 5.92 Å². The van der Waals surface area contributed by atoms with Crippen molar-refractivity contribution in [3.63, 3.8) is 0 Å². The van der Waals surface area contributed by atoms with Gasteiger partial charge >= 0.3 is 6.09 Å². The van der Waals surface area contributed by atoms with Crippen molar-refractivity contribution in [3.05, 3.63) is 35.9 Å². The van der Waals surface area contributed by atoms with Crippen molar-refractivity contribution in [1.29, 1.82) is 0 Å². The van der Waals surface area contributed by atoms with E-state index in [9.17, 15) is 14.7 Å². The van der Waals surface area contributed by atoms with Crippen LogP contribution in [-0.4, -0.2) is 47.2 Å². The van der Waals surface area contributed by atoms with Gasteiger partial charge in [-0.2, -0.15) is 0 Å². The van der Waals surface area contributed by atoms with Crippen LogP contribution in [0.2, 0.25) is 0 Å². The molecule has 1 aromatic carbocycles.